The summed E-state index contributed by atoms with van der Waals surface area (Å²) in [7, 11) is 0. The van der Waals surface area contributed by atoms with E-state index in [4.69, 9.17) is 5.73 Å². The number of rotatable bonds is 2. The molecule has 1 fully saturated rings. The summed E-state index contributed by atoms with van der Waals surface area (Å²) in [5.41, 5.74) is 9.98. The van der Waals surface area contributed by atoms with Gasteiger partial charge in [-0.05, 0) is 54.7 Å². The molecule has 1 aliphatic carbocycles. The molecule has 4 nitrogen and oxygen atoms in total. The van der Waals surface area contributed by atoms with Crippen molar-refractivity contribution in [2.24, 2.45) is 5.41 Å². The highest BCUT2D eigenvalue weighted by atomic mass is 15.1. The van der Waals surface area contributed by atoms with E-state index in [-0.39, 0.29) is 0 Å². The summed E-state index contributed by atoms with van der Waals surface area (Å²) < 4.78 is 0. The van der Waals surface area contributed by atoms with Gasteiger partial charge < -0.3 is 16.0 Å². The van der Waals surface area contributed by atoms with Crippen LogP contribution in [0.4, 0.5) is 17.3 Å². The highest BCUT2D eigenvalue weighted by molar-refractivity contribution is 5.78. The van der Waals surface area contributed by atoms with Gasteiger partial charge in [0.1, 0.15) is 0 Å². The van der Waals surface area contributed by atoms with Crippen molar-refractivity contribution in [3.05, 3.63) is 48.5 Å². The third kappa shape index (κ3) is 4.99. The van der Waals surface area contributed by atoms with E-state index in [1.165, 1.54) is 32.1 Å². The standard InChI is InChI=1S/C13H12N4.C8H16/c14-9-5-7-10(8-6-9)15-13-16-11-3-1-2-4-12(11)17-13;1-8(2)6-4-3-5-7-8/h1-8H,14H2,(H2,15,16,17);3-7H2,1-2H3. The van der Waals surface area contributed by atoms with Gasteiger partial charge in [0.05, 0.1) is 11.0 Å². The number of nitrogens with zero attached hydrogens (tertiary/aromatic N) is 1. The summed E-state index contributed by atoms with van der Waals surface area (Å²) in [5.74, 6) is 0.732. The number of aromatic amines is 1. The predicted octanol–water partition coefficient (Wildman–Crippen LogP) is 5.87. The average Bonchev–Trinajstić information content (AvgIpc) is 2.99. The molecule has 1 aromatic heterocycles. The number of nitrogens with two attached hydrogens (primary N) is 1. The van der Waals surface area contributed by atoms with Gasteiger partial charge in [-0.15, -0.1) is 0 Å². The largest absolute Gasteiger partial charge is 0.399 e. The first-order valence-corrected chi connectivity index (χ1v) is 9.09. The SMILES string of the molecule is CC1(C)CCCCC1.Nc1ccc(Nc2nc3ccccc3[nH]2)cc1. The minimum Gasteiger partial charge on any atom is -0.399 e. The first kappa shape index (κ1) is 17.3. The zero-order valence-electron chi connectivity index (χ0n) is 15.2. The van der Waals surface area contributed by atoms with Crippen LogP contribution in [0.3, 0.4) is 0 Å². The number of imidazole rings is 1. The fourth-order valence-corrected chi connectivity index (χ4v) is 3.22. The van der Waals surface area contributed by atoms with Crippen LogP contribution in [0.25, 0.3) is 11.0 Å². The number of nitrogen functional groups attached to an aromatic ring is 1. The Labute approximate surface area is 149 Å². The molecule has 132 valence electrons. The van der Waals surface area contributed by atoms with Crippen molar-refractivity contribution in [1.29, 1.82) is 0 Å². The van der Waals surface area contributed by atoms with E-state index in [0.717, 1.165) is 28.4 Å². The fourth-order valence-electron chi connectivity index (χ4n) is 3.22. The number of fused-ring (bicyclic) bond motifs is 1. The highest BCUT2D eigenvalue weighted by Gasteiger charge is 2.19. The first-order chi connectivity index (χ1) is 12.0. The Hall–Kier alpha value is -2.49. The number of aromatic nitrogens is 2. The highest BCUT2D eigenvalue weighted by Crippen LogP contribution is 2.34. The first-order valence-electron chi connectivity index (χ1n) is 9.09. The van der Waals surface area contributed by atoms with Crippen LogP contribution in [0.15, 0.2) is 48.5 Å². The maximum absolute atomic E-state index is 5.63. The molecule has 0 bridgehead atoms. The molecular weight excluding hydrogens is 308 g/mol. The molecule has 0 spiro atoms. The number of para-hydroxylation sites is 2. The molecule has 4 heteroatoms. The molecule has 4 N–H and O–H groups in total. The second-order valence-corrected chi connectivity index (χ2v) is 7.57. The summed E-state index contributed by atoms with van der Waals surface area (Å²) in [4.78, 5) is 7.64. The Balaban J connectivity index is 0.000000192. The van der Waals surface area contributed by atoms with Crippen LogP contribution >= 0.6 is 0 Å². The summed E-state index contributed by atoms with van der Waals surface area (Å²) >= 11 is 0. The monoisotopic (exact) mass is 336 g/mol. The molecule has 25 heavy (non-hydrogen) atoms. The third-order valence-electron chi connectivity index (χ3n) is 4.77. The van der Waals surface area contributed by atoms with Crippen molar-refractivity contribution < 1.29 is 0 Å². The van der Waals surface area contributed by atoms with Gasteiger partial charge in [0.2, 0.25) is 5.95 Å². The molecule has 1 heterocycles. The summed E-state index contributed by atoms with van der Waals surface area (Å²) in [6.45, 7) is 4.76. The molecule has 0 atom stereocenters. The molecule has 0 unspecified atom stereocenters. The van der Waals surface area contributed by atoms with Crippen molar-refractivity contribution in [3.63, 3.8) is 0 Å². The van der Waals surface area contributed by atoms with Gasteiger partial charge in [0.15, 0.2) is 0 Å². The molecule has 0 radical (unpaired) electrons. The van der Waals surface area contributed by atoms with Crippen molar-refractivity contribution in [2.45, 2.75) is 46.0 Å². The number of nitrogens with one attached hydrogen (secondary N) is 2. The lowest BCUT2D eigenvalue weighted by Crippen LogP contribution is -2.14. The fraction of sp³-hybridized carbons (Fsp3) is 0.381. The molecular formula is C21H28N4. The number of benzene rings is 2. The minimum atomic E-state index is 0.679. The third-order valence-corrected chi connectivity index (χ3v) is 4.77. The molecule has 3 aromatic rings. The van der Waals surface area contributed by atoms with E-state index < -0.39 is 0 Å². The van der Waals surface area contributed by atoms with Gasteiger partial charge in [-0.2, -0.15) is 0 Å². The van der Waals surface area contributed by atoms with E-state index in [0.29, 0.717) is 5.41 Å². The molecule has 4 rings (SSSR count). The van der Waals surface area contributed by atoms with E-state index in [1.54, 1.807) is 0 Å². The maximum atomic E-state index is 5.63. The van der Waals surface area contributed by atoms with Crippen molar-refractivity contribution in [2.75, 3.05) is 11.1 Å². The lowest BCUT2D eigenvalue weighted by molar-refractivity contribution is 0.244. The Kier molecular flexibility index (Phi) is 5.27. The topological polar surface area (TPSA) is 66.7 Å². The lowest BCUT2D eigenvalue weighted by atomic mass is 9.78. The lowest BCUT2D eigenvalue weighted by Gasteiger charge is -2.28. The zero-order chi connectivity index (χ0) is 17.7. The average molecular weight is 336 g/mol. The normalized spacial score (nSPS) is 16.1. The Morgan fingerprint density at radius 3 is 2.24 bits per heavy atom. The maximum Gasteiger partial charge on any atom is 0.205 e. The number of H-pyrrole nitrogens is 1. The van der Waals surface area contributed by atoms with Crippen molar-refractivity contribution in [1.82, 2.24) is 9.97 Å². The second kappa shape index (κ2) is 7.60. The molecule has 0 saturated heterocycles. The van der Waals surface area contributed by atoms with Crippen LogP contribution in [0, 0.1) is 5.41 Å². The molecule has 0 amide bonds. The number of anilines is 3. The molecule has 0 aliphatic heterocycles. The molecule has 1 saturated carbocycles. The van der Waals surface area contributed by atoms with Gasteiger partial charge in [-0.3, -0.25) is 0 Å². The van der Waals surface area contributed by atoms with Crippen molar-refractivity contribution >= 4 is 28.4 Å². The van der Waals surface area contributed by atoms with E-state index >= 15 is 0 Å². The van der Waals surface area contributed by atoms with Crippen molar-refractivity contribution in [3.8, 4) is 0 Å². The quantitative estimate of drug-likeness (QED) is 0.513. The molecule has 2 aromatic carbocycles. The summed E-state index contributed by atoms with van der Waals surface area (Å²) in [6.07, 6.45) is 7.31. The van der Waals surface area contributed by atoms with E-state index in [1.807, 2.05) is 48.5 Å². The van der Waals surface area contributed by atoms with Crippen LogP contribution in [-0.4, -0.2) is 9.97 Å². The van der Waals surface area contributed by atoms with Gasteiger partial charge in [-0.25, -0.2) is 4.98 Å². The van der Waals surface area contributed by atoms with Gasteiger partial charge in [0, 0.05) is 11.4 Å². The zero-order valence-corrected chi connectivity index (χ0v) is 15.2. The van der Waals surface area contributed by atoms with Crippen LogP contribution in [0.5, 0.6) is 0 Å². The van der Waals surface area contributed by atoms with Crippen LogP contribution < -0.4 is 11.1 Å². The Bertz CT molecular complexity index is 761. The Morgan fingerprint density at radius 2 is 1.64 bits per heavy atom. The van der Waals surface area contributed by atoms with Crippen LogP contribution in [0.2, 0.25) is 0 Å². The van der Waals surface area contributed by atoms with Crippen LogP contribution in [-0.2, 0) is 0 Å². The van der Waals surface area contributed by atoms with Gasteiger partial charge in [-0.1, -0.05) is 45.2 Å². The smallest absolute Gasteiger partial charge is 0.205 e. The van der Waals surface area contributed by atoms with Gasteiger partial charge >= 0.3 is 0 Å². The van der Waals surface area contributed by atoms with Crippen LogP contribution in [0.1, 0.15) is 46.0 Å². The molecule has 1 aliphatic rings. The second-order valence-electron chi connectivity index (χ2n) is 7.57. The van der Waals surface area contributed by atoms with E-state index in [2.05, 4.69) is 29.1 Å². The Morgan fingerprint density at radius 1 is 0.960 bits per heavy atom. The summed E-state index contributed by atoms with van der Waals surface area (Å²) in [6, 6.07) is 15.5. The predicted molar refractivity (Wildman–Crippen MR) is 107 cm³/mol. The minimum absolute atomic E-state index is 0.679. The van der Waals surface area contributed by atoms with E-state index in [9.17, 15) is 0 Å². The number of hydrogen-bond donors (Lipinski definition) is 3. The number of hydrogen-bond acceptors (Lipinski definition) is 3. The summed E-state index contributed by atoms with van der Waals surface area (Å²) in [5, 5.41) is 3.20. The van der Waals surface area contributed by atoms with Gasteiger partial charge in [0.25, 0.3) is 0 Å².